The third kappa shape index (κ3) is 19.5. The van der Waals surface area contributed by atoms with Crippen LogP contribution in [-0.4, -0.2) is 39.4 Å². The molecule has 29 rings (SSSR count). The molecule has 13 heterocycles. The van der Waals surface area contributed by atoms with Gasteiger partial charge in [0, 0.05) is 132 Å². The van der Waals surface area contributed by atoms with E-state index in [-0.39, 0.29) is 126 Å². The molecule has 724 valence electrons. The molecule has 0 saturated heterocycles. The van der Waals surface area contributed by atoms with Crippen LogP contribution in [0.3, 0.4) is 0 Å². The molecule has 2 radical (unpaired) electrons. The summed E-state index contributed by atoms with van der Waals surface area (Å²) in [5.74, 6) is 3.86. The molecule has 8 aromatic heterocycles. The van der Waals surface area contributed by atoms with Crippen LogP contribution in [0.5, 0.6) is 5.75 Å². The van der Waals surface area contributed by atoms with Crippen LogP contribution in [-0.2, 0) is 76.6 Å². The Morgan fingerprint density at radius 2 is 1.11 bits per heavy atom. The van der Waals surface area contributed by atoms with Gasteiger partial charge in [-0.3, -0.25) is 9.78 Å². The zero-order chi connectivity index (χ0) is 104. The van der Waals surface area contributed by atoms with Gasteiger partial charge in [-0.1, -0.05) is 295 Å². The first-order valence-corrected chi connectivity index (χ1v) is 47.9. The molecule has 15 aromatic carbocycles. The number of para-hydroxylation sites is 3. The Morgan fingerprint density at radius 1 is 0.503 bits per heavy atom. The van der Waals surface area contributed by atoms with Crippen molar-refractivity contribution in [1.29, 1.82) is 0 Å². The number of allylic oxidation sites excluding steroid dienone is 3. The Hall–Kier alpha value is -16.6. The topological polar surface area (TPSA) is 115 Å². The van der Waals surface area contributed by atoms with E-state index in [4.69, 9.17) is 20.8 Å². The van der Waals surface area contributed by atoms with Gasteiger partial charge in [-0.05, 0) is 168 Å². The number of ketones is 1. The molecule has 1 aliphatic carbocycles. The van der Waals surface area contributed by atoms with Gasteiger partial charge < -0.3 is 19.8 Å². The maximum absolute atomic E-state index is 10.0. The first-order valence-electron chi connectivity index (χ1n) is 51.9. The molecule has 0 unspecified atom stereocenters. The van der Waals surface area contributed by atoms with E-state index in [0.29, 0.717) is 11.3 Å². The molecular formula is C132H111Ir2N10O3+. The van der Waals surface area contributed by atoms with Crippen LogP contribution in [0.1, 0.15) is 115 Å². The van der Waals surface area contributed by atoms with Crippen LogP contribution in [0.15, 0.2) is 450 Å². The number of pyridine rings is 5. The van der Waals surface area contributed by atoms with Crippen molar-refractivity contribution >= 4 is 82.0 Å². The van der Waals surface area contributed by atoms with E-state index in [1.165, 1.54) is 185 Å². The third-order valence-corrected chi connectivity index (χ3v) is 27.0. The average Bonchev–Trinajstić information content (AvgIpc) is 1.68. The number of rotatable bonds is 6. The van der Waals surface area contributed by atoms with Gasteiger partial charge in [0.15, 0.2) is 35.2 Å². The fraction of sp³-hybridized carbons (Fsp3) is 0.106. The second-order valence-corrected chi connectivity index (χ2v) is 36.6. The minimum Gasteiger partial charge on any atom is -0.527 e. The number of hydrogen-bond acceptors (Lipinski definition) is 6. The molecule has 0 spiro atoms. The summed E-state index contributed by atoms with van der Waals surface area (Å²) in [4.78, 5) is 23.1. The Kier molecular flexibility index (Phi) is 26.7. The number of ether oxygens (including phenoxy) is 1. The number of nitrogens with zero attached hydrogens (tertiary/aromatic N) is 10. The molecule has 0 fully saturated rings. The summed E-state index contributed by atoms with van der Waals surface area (Å²) in [5.41, 5.74) is 31.2. The molecular weight excluding hydrogens is 2160 g/mol. The smallest absolute Gasteiger partial charge is 0.295 e. The fourth-order valence-corrected chi connectivity index (χ4v) is 20.7. The van der Waals surface area contributed by atoms with Gasteiger partial charge >= 0.3 is 0 Å². The maximum atomic E-state index is 10.0. The minimum atomic E-state index is -0.411. The number of benzene rings is 15. The van der Waals surface area contributed by atoms with Crippen LogP contribution >= 0.6 is 0 Å². The summed E-state index contributed by atoms with van der Waals surface area (Å²) >= 11 is 0. The van der Waals surface area contributed by atoms with Crippen LogP contribution < -0.4 is 23.0 Å². The van der Waals surface area contributed by atoms with Crippen molar-refractivity contribution in [3.63, 3.8) is 0 Å². The average molecular weight is 2280 g/mol. The zero-order valence-corrected chi connectivity index (χ0v) is 85.6. The molecule has 147 heavy (non-hydrogen) atoms. The SMILES string of the molecule is C.C.C=C1Oc2ccccc2[C-]=C1c1ccccn1.CC(=O)C=C(C)O.CC1(C)c2ccc[c-]c2-c2nccc3cccc1c23.Cc1ccc2c(c1)c1cccc3c1c1n2c(-c2c(C)cccc2C)c[n+]1C3.[2H]c1c([2H])c([2H])c2c(c1[2H])C[n+]1c([2H])c([2H])c([2H])c([2H])c1-2.[Ir].[Ir].[c-]1ccccc1-c1ccccn1.c1ccc2c(c1)C[n+]1c-2n(-c2cccc3ccccc23)c2ccccc21.c1ccc2c(c1)C[n+]1ccn(-c3cccc4ccccc34)c1-2. The zero-order valence-electron chi connectivity index (χ0n) is 88.8. The van der Waals surface area contributed by atoms with E-state index in [1.807, 2.05) is 97.2 Å². The van der Waals surface area contributed by atoms with Gasteiger partial charge in [0.1, 0.15) is 56.5 Å². The Bertz CT molecular complexity index is 9380. The van der Waals surface area contributed by atoms with Crippen molar-refractivity contribution in [2.75, 3.05) is 0 Å². The number of carbonyl (C=O) groups is 1. The second-order valence-electron chi connectivity index (χ2n) is 36.6. The van der Waals surface area contributed by atoms with Crippen molar-refractivity contribution in [3.05, 3.63) is 529 Å². The molecule has 1 N–H and O–H groups in total. The van der Waals surface area contributed by atoms with E-state index in [2.05, 4.69) is 369 Å². The molecule has 0 bridgehead atoms. The van der Waals surface area contributed by atoms with Gasteiger partial charge in [-0.25, -0.2) is 13.7 Å². The van der Waals surface area contributed by atoms with E-state index in [1.54, 1.807) is 12.4 Å². The summed E-state index contributed by atoms with van der Waals surface area (Å²) in [6.07, 6.45) is 16.3. The van der Waals surface area contributed by atoms with Gasteiger partial charge in [-0.15, -0.1) is 83.4 Å². The minimum absolute atomic E-state index is 0. The first kappa shape index (κ1) is 90.4. The molecule has 0 amide bonds. The summed E-state index contributed by atoms with van der Waals surface area (Å²) in [6, 6.07) is 123. The standard InChI is InChI=1S/C25H21N2.C24H17N2.C20H15N2.C18H14N.C15H10NO.C12H10N.C11H8N.C5H8O2.2CH4.2Ir/c1-15-10-11-21-20(12-15)19-9-5-8-18-13-26-14-22(27(21)25(26)24(18)19)23-16(2)6-4-7-17(23)3;1-3-11-19-17(8-1)10-7-15-21(19)26-23-14-6-5-13-22(23)25-16-18-9-2-4-12-20(18)24(25)26;1-3-9-17-15(6-1)8-5-11-19(17)22-13-12-21-14-16-7-2-4-10-18(16)20(21)22;1-18(2)14-8-4-3-7-13(14)17-16-12(10-11-19-17)6-5-9-15(16)18;1-11-13(14-7-4-5-9-16-14)10-12-6-2-3-8-15(12)17-11;1-2-6-11-10(5-1)9-13-8-4-3-7-12(11)13;1-2-6-10(7-3-1)11-8-4-5-9-12-11;1-4(6)3-5(2)7;;;;/h4-12,14H,13H2,1-3H3;1-15H,16H2;1-13H,14H2;3-6,8-11H,1-2H3;2-9H,1H2;1-8H,9H2;1-6,8-9H;3,6H,1-2H3;2*1H4;;/q3*+1;2*-1;+1;-1;;;;;/i;;;;;1D,2D,3D,4D,5D,6D,7D,8D;;;;;;. The van der Waals surface area contributed by atoms with E-state index >= 15 is 0 Å². The Morgan fingerprint density at radius 3 is 1.85 bits per heavy atom. The van der Waals surface area contributed by atoms with Crippen LogP contribution in [0.2, 0.25) is 0 Å². The van der Waals surface area contributed by atoms with Crippen LogP contribution in [0.25, 0.3) is 155 Å². The Balaban J connectivity index is 0.000000117. The Labute approximate surface area is 897 Å². The van der Waals surface area contributed by atoms with Gasteiger partial charge in [0.05, 0.1) is 48.9 Å². The first-order chi connectivity index (χ1) is 73.4. The maximum Gasteiger partial charge on any atom is 0.295 e. The number of carbonyl (C=O) groups excluding carboxylic acids is 1. The molecule has 5 aliphatic heterocycles. The number of aromatic nitrogens is 10. The van der Waals surface area contributed by atoms with E-state index < -0.39 is 12.1 Å². The predicted molar refractivity (Wildman–Crippen MR) is 589 cm³/mol. The van der Waals surface area contributed by atoms with Crippen molar-refractivity contribution < 1.29 is 84.1 Å². The fourth-order valence-electron chi connectivity index (χ4n) is 20.7. The molecule has 23 aromatic rings. The van der Waals surface area contributed by atoms with Crippen molar-refractivity contribution in [1.82, 2.24) is 28.5 Å². The second kappa shape index (κ2) is 43.5. The van der Waals surface area contributed by atoms with E-state index in [9.17, 15) is 4.79 Å². The molecule has 0 saturated carbocycles. The summed E-state index contributed by atoms with van der Waals surface area (Å²) < 4.78 is 83.9. The van der Waals surface area contributed by atoms with Crippen molar-refractivity contribution in [2.24, 2.45) is 0 Å². The number of imidazole rings is 3. The van der Waals surface area contributed by atoms with Crippen LogP contribution in [0.4, 0.5) is 0 Å². The van der Waals surface area contributed by atoms with Crippen molar-refractivity contribution in [3.8, 4) is 84.9 Å². The van der Waals surface area contributed by atoms with Gasteiger partial charge in [-0.2, -0.15) is 18.1 Å². The molecule has 6 aliphatic rings. The predicted octanol–water partition coefficient (Wildman–Crippen LogP) is 29.0. The quantitative estimate of drug-likeness (QED) is 0.0583. The van der Waals surface area contributed by atoms with Gasteiger partial charge in [0.25, 0.3) is 17.3 Å². The number of aryl methyl sites for hydroxylation is 3. The summed E-state index contributed by atoms with van der Waals surface area (Å²) in [6.45, 7) is 20.8. The number of aliphatic hydroxyl groups is 1. The largest absolute Gasteiger partial charge is 0.527 e. The normalized spacial score (nSPS) is 13.1. The monoisotopic (exact) mass is 2280 g/mol. The number of aliphatic hydroxyl groups excluding tert-OH is 1. The molecule has 13 nitrogen and oxygen atoms in total. The summed E-state index contributed by atoms with van der Waals surface area (Å²) in [7, 11) is 0. The van der Waals surface area contributed by atoms with Crippen molar-refractivity contribution in [2.45, 2.75) is 94.9 Å². The number of fused-ring (bicyclic) bond motifs is 19. The number of hydrogen-bond donors (Lipinski definition) is 1. The molecule has 0 atom stereocenters. The molecule has 15 heteroatoms. The third-order valence-electron chi connectivity index (χ3n) is 27.0. The van der Waals surface area contributed by atoms with E-state index in [0.717, 1.165) is 64.7 Å². The van der Waals surface area contributed by atoms with Crippen LogP contribution in [0, 0.1) is 39.0 Å². The summed E-state index contributed by atoms with van der Waals surface area (Å²) in [5, 5.41) is 20.1. The van der Waals surface area contributed by atoms with Gasteiger partial charge in [0.2, 0.25) is 5.69 Å².